The van der Waals surface area contributed by atoms with Gasteiger partial charge in [-0.05, 0) is 40.2 Å². The number of anilines is 2. The van der Waals surface area contributed by atoms with Crippen LogP contribution >= 0.6 is 38.6 Å². The minimum absolute atomic E-state index is 0.196. The highest BCUT2D eigenvalue weighted by Crippen LogP contribution is 2.23. The molecule has 31 heavy (non-hydrogen) atoms. The lowest BCUT2D eigenvalue weighted by molar-refractivity contribution is 0.599. The quantitative estimate of drug-likeness (QED) is 0.364. The standard InChI is InChI=1S/C8H6BrN3O2S2.C8H7N3O2S2/c9-7-10-11-8(15-7)12-16(13,14)6-4-2-1-3-5-6;12-15(13,7-4-2-1-3-5-7)11-8-10-9-6-14-8/h1-5H,(H,11,12);1-6H,(H,10,11). The third-order valence-corrected chi connectivity index (χ3v) is 8.16. The molecule has 0 amide bonds. The molecule has 10 nitrogen and oxygen atoms in total. The summed E-state index contributed by atoms with van der Waals surface area (Å²) in [4.78, 5) is 0.404. The molecule has 0 saturated carbocycles. The second-order valence-electron chi connectivity index (χ2n) is 5.44. The summed E-state index contributed by atoms with van der Waals surface area (Å²) in [6.07, 6.45) is 0. The van der Waals surface area contributed by atoms with E-state index in [-0.39, 0.29) is 20.1 Å². The van der Waals surface area contributed by atoms with Gasteiger partial charge in [-0.15, -0.1) is 20.4 Å². The van der Waals surface area contributed by atoms with Gasteiger partial charge >= 0.3 is 0 Å². The first-order valence-electron chi connectivity index (χ1n) is 8.17. The van der Waals surface area contributed by atoms with Gasteiger partial charge in [0, 0.05) is 0 Å². The predicted molar refractivity (Wildman–Crippen MR) is 122 cm³/mol. The highest BCUT2D eigenvalue weighted by Gasteiger charge is 2.16. The Kier molecular flexibility index (Phi) is 7.66. The summed E-state index contributed by atoms with van der Waals surface area (Å²) in [5.74, 6) is 0. The lowest BCUT2D eigenvalue weighted by Crippen LogP contribution is -2.12. The first-order valence-corrected chi connectivity index (χ1v) is 13.6. The van der Waals surface area contributed by atoms with Crippen molar-refractivity contribution in [2.75, 3.05) is 9.44 Å². The van der Waals surface area contributed by atoms with Crippen molar-refractivity contribution < 1.29 is 16.8 Å². The maximum absolute atomic E-state index is 11.8. The SMILES string of the molecule is O=S(=O)(Nc1nnc(Br)s1)c1ccccc1.O=S(=O)(Nc1nncs1)c1ccccc1. The summed E-state index contributed by atoms with van der Waals surface area (Å²) >= 11 is 5.35. The summed E-state index contributed by atoms with van der Waals surface area (Å²) in [5.41, 5.74) is 1.46. The van der Waals surface area contributed by atoms with Crippen LogP contribution in [-0.2, 0) is 20.0 Å². The average molecular weight is 561 g/mol. The Balaban J connectivity index is 0.000000176. The van der Waals surface area contributed by atoms with Crippen molar-refractivity contribution in [3.63, 3.8) is 0 Å². The summed E-state index contributed by atoms with van der Waals surface area (Å²) < 4.78 is 52.3. The lowest BCUT2D eigenvalue weighted by Gasteiger charge is -2.03. The smallest absolute Gasteiger partial charge is 0.253 e. The van der Waals surface area contributed by atoms with E-state index in [1.54, 1.807) is 36.4 Å². The van der Waals surface area contributed by atoms with E-state index in [0.29, 0.717) is 3.92 Å². The zero-order valence-electron chi connectivity index (χ0n) is 15.3. The number of hydrogen-bond acceptors (Lipinski definition) is 10. The Morgan fingerprint density at radius 1 is 0.710 bits per heavy atom. The van der Waals surface area contributed by atoms with Crippen molar-refractivity contribution in [3.8, 4) is 0 Å². The van der Waals surface area contributed by atoms with Crippen molar-refractivity contribution >= 4 is 68.9 Å². The van der Waals surface area contributed by atoms with Crippen molar-refractivity contribution in [1.82, 2.24) is 20.4 Å². The Morgan fingerprint density at radius 3 is 1.65 bits per heavy atom. The molecule has 0 atom stereocenters. The maximum Gasteiger partial charge on any atom is 0.263 e. The van der Waals surface area contributed by atoms with E-state index in [2.05, 4.69) is 45.8 Å². The molecule has 0 fully saturated rings. The summed E-state index contributed by atoms with van der Waals surface area (Å²) in [6.45, 7) is 0. The minimum Gasteiger partial charge on any atom is -0.253 e. The zero-order valence-corrected chi connectivity index (χ0v) is 20.1. The number of benzene rings is 2. The number of hydrogen-bond donors (Lipinski definition) is 2. The molecule has 0 aliphatic carbocycles. The summed E-state index contributed by atoms with van der Waals surface area (Å²) in [5, 5.41) is 15.0. The van der Waals surface area contributed by atoms with E-state index in [0.717, 1.165) is 22.7 Å². The molecule has 2 aromatic heterocycles. The van der Waals surface area contributed by atoms with Crippen LogP contribution < -0.4 is 9.44 Å². The lowest BCUT2D eigenvalue weighted by atomic mass is 10.4. The van der Waals surface area contributed by atoms with Gasteiger partial charge in [-0.2, -0.15) is 0 Å². The average Bonchev–Trinajstić information content (AvgIpc) is 3.41. The van der Waals surface area contributed by atoms with Crippen molar-refractivity contribution in [2.24, 2.45) is 0 Å². The topological polar surface area (TPSA) is 144 Å². The molecule has 2 aromatic carbocycles. The van der Waals surface area contributed by atoms with Crippen LogP contribution in [0.2, 0.25) is 0 Å². The van der Waals surface area contributed by atoms with Crippen molar-refractivity contribution in [2.45, 2.75) is 9.79 Å². The number of rotatable bonds is 6. The van der Waals surface area contributed by atoms with Gasteiger partial charge in [0.05, 0.1) is 9.79 Å². The molecule has 0 spiro atoms. The second kappa shape index (κ2) is 10.2. The molecule has 162 valence electrons. The monoisotopic (exact) mass is 560 g/mol. The van der Waals surface area contributed by atoms with Crippen LogP contribution in [0.15, 0.2) is 79.9 Å². The number of nitrogens with zero attached hydrogens (tertiary/aromatic N) is 4. The molecule has 0 unspecified atom stereocenters. The third kappa shape index (κ3) is 6.76. The molecule has 0 aliphatic heterocycles. The number of aromatic nitrogens is 4. The first kappa shape index (κ1) is 23.2. The number of sulfonamides is 2. The van der Waals surface area contributed by atoms with Crippen LogP contribution in [0.4, 0.5) is 10.3 Å². The normalized spacial score (nSPS) is 11.3. The van der Waals surface area contributed by atoms with E-state index in [4.69, 9.17) is 0 Å². The van der Waals surface area contributed by atoms with E-state index in [1.165, 1.54) is 29.8 Å². The Morgan fingerprint density at radius 2 is 1.23 bits per heavy atom. The zero-order chi connectivity index (χ0) is 22.3. The Bertz CT molecular complexity index is 1310. The fraction of sp³-hybridized carbons (Fsp3) is 0. The molecule has 2 N–H and O–H groups in total. The van der Waals surface area contributed by atoms with Crippen LogP contribution in [0.25, 0.3) is 0 Å². The van der Waals surface area contributed by atoms with Gasteiger partial charge < -0.3 is 0 Å². The summed E-state index contributed by atoms with van der Waals surface area (Å²) in [6, 6.07) is 16.2. The van der Waals surface area contributed by atoms with Gasteiger partial charge in [0.1, 0.15) is 5.51 Å². The largest absolute Gasteiger partial charge is 0.263 e. The fourth-order valence-electron chi connectivity index (χ4n) is 2.01. The third-order valence-electron chi connectivity index (χ3n) is 3.31. The molecule has 0 bridgehead atoms. The highest BCUT2D eigenvalue weighted by atomic mass is 79.9. The van der Waals surface area contributed by atoms with Crippen LogP contribution in [0.5, 0.6) is 0 Å². The molecular weight excluding hydrogens is 548 g/mol. The van der Waals surface area contributed by atoms with Gasteiger partial charge in [-0.1, -0.05) is 59.1 Å². The van der Waals surface area contributed by atoms with Crippen molar-refractivity contribution in [3.05, 3.63) is 70.1 Å². The predicted octanol–water partition coefficient (Wildman–Crippen LogP) is 3.44. The van der Waals surface area contributed by atoms with E-state index < -0.39 is 20.0 Å². The van der Waals surface area contributed by atoms with E-state index in [9.17, 15) is 16.8 Å². The molecule has 0 saturated heterocycles. The van der Waals surface area contributed by atoms with Crippen LogP contribution in [0, 0.1) is 0 Å². The Hall–Kier alpha value is -2.46. The molecule has 2 heterocycles. The number of nitrogens with one attached hydrogen (secondary N) is 2. The van der Waals surface area contributed by atoms with Crippen LogP contribution in [-0.4, -0.2) is 37.2 Å². The van der Waals surface area contributed by atoms with Gasteiger partial charge in [0.2, 0.25) is 10.3 Å². The van der Waals surface area contributed by atoms with Gasteiger partial charge in [-0.25, -0.2) is 16.8 Å². The molecule has 4 aromatic rings. The minimum atomic E-state index is -3.56. The fourth-order valence-corrected chi connectivity index (χ4v) is 5.99. The van der Waals surface area contributed by atoms with Crippen LogP contribution in [0.3, 0.4) is 0 Å². The van der Waals surface area contributed by atoms with Gasteiger partial charge in [0.25, 0.3) is 20.0 Å². The second-order valence-corrected chi connectivity index (χ2v) is 11.9. The molecule has 0 aliphatic rings. The van der Waals surface area contributed by atoms with E-state index in [1.807, 2.05) is 0 Å². The molecule has 15 heteroatoms. The van der Waals surface area contributed by atoms with E-state index >= 15 is 0 Å². The van der Waals surface area contributed by atoms with Crippen LogP contribution in [0.1, 0.15) is 0 Å². The van der Waals surface area contributed by atoms with Gasteiger partial charge in [-0.3, -0.25) is 9.44 Å². The number of halogens is 1. The Labute approximate surface area is 194 Å². The molecular formula is C16H13BrN6O4S4. The van der Waals surface area contributed by atoms with Crippen molar-refractivity contribution in [1.29, 1.82) is 0 Å². The highest BCUT2D eigenvalue weighted by molar-refractivity contribution is 9.11. The maximum atomic E-state index is 11.8. The first-order chi connectivity index (χ1) is 14.8. The molecule has 4 rings (SSSR count). The molecule has 0 radical (unpaired) electrons. The van der Waals surface area contributed by atoms with Gasteiger partial charge in [0.15, 0.2) is 3.92 Å². The summed E-state index contributed by atoms with van der Waals surface area (Å²) in [7, 11) is -7.09.